The third-order valence-electron chi connectivity index (χ3n) is 3.94. The third kappa shape index (κ3) is 5.08. The van der Waals surface area contributed by atoms with Gasteiger partial charge in [0.2, 0.25) is 5.95 Å². The molecule has 0 fully saturated rings. The fourth-order valence-electron chi connectivity index (χ4n) is 2.52. The van der Waals surface area contributed by atoms with Crippen LogP contribution in [0, 0.1) is 0 Å². The van der Waals surface area contributed by atoms with Gasteiger partial charge in [0.05, 0.1) is 20.3 Å². The molecule has 1 aromatic heterocycles. The van der Waals surface area contributed by atoms with Crippen molar-refractivity contribution in [3.8, 4) is 11.5 Å². The molecule has 1 unspecified atom stereocenters. The Morgan fingerprint density at radius 3 is 2.52 bits per heavy atom. The van der Waals surface area contributed by atoms with Gasteiger partial charge in [0, 0.05) is 24.5 Å². The lowest BCUT2D eigenvalue weighted by Gasteiger charge is -2.14. The first-order valence-electron chi connectivity index (χ1n) is 8.48. The summed E-state index contributed by atoms with van der Waals surface area (Å²) in [4.78, 5) is 8.63. The van der Waals surface area contributed by atoms with Crippen molar-refractivity contribution in [1.29, 1.82) is 0 Å². The quantitative estimate of drug-likeness (QED) is 0.563. The third-order valence-corrected chi connectivity index (χ3v) is 3.94. The Morgan fingerprint density at radius 2 is 1.74 bits per heavy atom. The Hall–Kier alpha value is -3.32. The van der Waals surface area contributed by atoms with Crippen molar-refractivity contribution in [1.82, 2.24) is 9.97 Å². The summed E-state index contributed by atoms with van der Waals surface area (Å²) in [5, 5.41) is 16.6. The fourth-order valence-corrected chi connectivity index (χ4v) is 2.52. The Bertz CT molecular complexity index is 888. The molecule has 0 saturated carbocycles. The van der Waals surface area contributed by atoms with E-state index in [0.717, 1.165) is 17.0 Å². The van der Waals surface area contributed by atoms with Gasteiger partial charge >= 0.3 is 0 Å². The number of aliphatic hydroxyl groups is 1. The zero-order valence-electron chi connectivity index (χ0n) is 15.2. The fraction of sp³-hybridized carbons (Fsp3) is 0.200. The summed E-state index contributed by atoms with van der Waals surface area (Å²) in [6.45, 7) is 0.308. The number of nitrogens with one attached hydrogen (secondary N) is 2. The first-order valence-corrected chi connectivity index (χ1v) is 8.48. The number of ether oxygens (including phenoxy) is 2. The van der Waals surface area contributed by atoms with Crippen molar-refractivity contribution < 1.29 is 14.6 Å². The molecule has 27 heavy (non-hydrogen) atoms. The highest BCUT2D eigenvalue weighted by molar-refractivity contribution is 5.57. The minimum atomic E-state index is -0.690. The molecular formula is C20H22N4O3. The number of hydrogen-bond acceptors (Lipinski definition) is 7. The summed E-state index contributed by atoms with van der Waals surface area (Å²) in [5.41, 5.74) is 1.59. The highest BCUT2D eigenvalue weighted by Gasteiger charge is 2.09. The minimum Gasteiger partial charge on any atom is -0.497 e. The lowest BCUT2D eigenvalue weighted by molar-refractivity contribution is 0.191. The van der Waals surface area contributed by atoms with Crippen molar-refractivity contribution in [2.45, 2.75) is 6.10 Å². The van der Waals surface area contributed by atoms with Crippen molar-refractivity contribution in [2.24, 2.45) is 0 Å². The molecule has 140 valence electrons. The number of methoxy groups -OCH3 is 2. The number of rotatable bonds is 8. The summed E-state index contributed by atoms with van der Waals surface area (Å²) < 4.78 is 10.4. The maximum Gasteiger partial charge on any atom is 0.229 e. The second-order valence-corrected chi connectivity index (χ2v) is 5.80. The van der Waals surface area contributed by atoms with Gasteiger partial charge in [0.15, 0.2) is 0 Å². The first kappa shape index (κ1) is 18.5. The molecule has 0 aliphatic rings. The van der Waals surface area contributed by atoms with Gasteiger partial charge in [-0.3, -0.25) is 0 Å². The van der Waals surface area contributed by atoms with Gasteiger partial charge < -0.3 is 25.2 Å². The van der Waals surface area contributed by atoms with E-state index >= 15 is 0 Å². The lowest BCUT2D eigenvalue weighted by atomic mass is 10.1. The number of anilines is 3. The lowest BCUT2D eigenvalue weighted by Crippen LogP contribution is -2.13. The van der Waals surface area contributed by atoms with Gasteiger partial charge in [-0.2, -0.15) is 4.98 Å². The van der Waals surface area contributed by atoms with Crippen LogP contribution in [-0.2, 0) is 0 Å². The summed E-state index contributed by atoms with van der Waals surface area (Å²) in [5.74, 6) is 2.51. The second kappa shape index (κ2) is 8.86. The molecule has 3 N–H and O–H groups in total. The van der Waals surface area contributed by atoms with Gasteiger partial charge in [-0.05, 0) is 35.9 Å². The molecule has 0 spiro atoms. The van der Waals surface area contributed by atoms with Crippen molar-refractivity contribution in [3.05, 3.63) is 66.4 Å². The molecule has 0 bridgehead atoms. The van der Waals surface area contributed by atoms with Crippen molar-refractivity contribution in [3.63, 3.8) is 0 Å². The minimum absolute atomic E-state index is 0.308. The monoisotopic (exact) mass is 366 g/mol. The van der Waals surface area contributed by atoms with Crippen LogP contribution in [0.4, 0.5) is 17.5 Å². The van der Waals surface area contributed by atoms with Crippen LogP contribution >= 0.6 is 0 Å². The topological polar surface area (TPSA) is 88.5 Å². The largest absolute Gasteiger partial charge is 0.497 e. The number of nitrogens with zero attached hydrogens (tertiary/aromatic N) is 2. The molecule has 3 rings (SSSR count). The van der Waals surface area contributed by atoms with Gasteiger partial charge in [0.25, 0.3) is 0 Å². The van der Waals surface area contributed by atoms with Gasteiger partial charge in [-0.1, -0.05) is 18.2 Å². The van der Waals surface area contributed by atoms with E-state index < -0.39 is 6.10 Å². The van der Waals surface area contributed by atoms with E-state index in [1.165, 1.54) is 0 Å². The van der Waals surface area contributed by atoms with E-state index in [2.05, 4.69) is 20.6 Å². The number of hydrogen-bond donors (Lipinski definition) is 3. The van der Waals surface area contributed by atoms with Crippen LogP contribution in [0.2, 0.25) is 0 Å². The maximum absolute atomic E-state index is 10.4. The molecule has 0 radical (unpaired) electrons. The molecular weight excluding hydrogens is 344 g/mol. The molecule has 1 heterocycles. The van der Waals surface area contributed by atoms with E-state index in [-0.39, 0.29) is 0 Å². The SMILES string of the molecule is COc1cccc(Nc2nccc(NCC(O)c3cccc(OC)c3)n2)c1. The highest BCUT2D eigenvalue weighted by atomic mass is 16.5. The average molecular weight is 366 g/mol. The normalized spacial score (nSPS) is 11.5. The Morgan fingerprint density at radius 1 is 1.00 bits per heavy atom. The number of benzene rings is 2. The van der Waals surface area contributed by atoms with E-state index in [4.69, 9.17) is 9.47 Å². The summed E-state index contributed by atoms with van der Waals surface area (Å²) in [6.07, 6.45) is 0.959. The smallest absolute Gasteiger partial charge is 0.229 e. The zero-order chi connectivity index (χ0) is 19.1. The van der Waals surface area contributed by atoms with Crippen LogP contribution < -0.4 is 20.1 Å². The van der Waals surface area contributed by atoms with Crippen molar-refractivity contribution in [2.75, 3.05) is 31.4 Å². The first-order chi connectivity index (χ1) is 13.2. The second-order valence-electron chi connectivity index (χ2n) is 5.80. The number of aliphatic hydroxyl groups excluding tert-OH is 1. The molecule has 0 saturated heterocycles. The molecule has 0 amide bonds. The Kier molecular flexibility index (Phi) is 6.06. The van der Waals surface area contributed by atoms with Crippen LogP contribution in [0.3, 0.4) is 0 Å². The van der Waals surface area contributed by atoms with Crippen LogP contribution in [0.5, 0.6) is 11.5 Å². The summed E-state index contributed by atoms with van der Waals surface area (Å²) >= 11 is 0. The maximum atomic E-state index is 10.4. The molecule has 2 aromatic carbocycles. The predicted molar refractivity (Wildman–Crippen MR) is 105 cm³/mol. The van der Waals surface area contributed by atoms with E-state index in [9.17, 15) is 5.11 Å². The Balaban J connectivity index is 1.63. The summed E-state index contributed by atoms with van der Waals surface area (Å²) in [6, 6.07) is 16.6. The average Bonchev–Trinajstić information content (AvgIpc) is 2.72. The molecule has 0 aliphatic heterocycles. The van der Waals surface area contributed by atoms with Gasteiger partial charge in [0.1, 0.15) is 17.3 Å². The standard InChI is InChI=1S/C20H22N4O3/c1-26-16-7-3-5-14(11-16)18(25)13-22-19-9-10-21-20(24-19)23-15-6-4-8-17(12-15)27-2/h3-12,18,25H,13H2,1-2H3,(H2,21,22,23,24). The molecule has 3 aromatic rings. The van der Waals surface area contributed by atoms with Gasteiger partial charge in [-0.25, -0.2) is 4.98 Å². The van der Waals surface area contributed by atoms with E-state index in [1.54, 1.807) is 26.5 Å². The van der Waals surface area contributed by atoms with Crippen molar-refractivity contribution >= 4 is 17.5 Å². The molecule has 7 heteroatoms. The van der Waals surface area contributed by atoms with Crippen LogP contribution in [0.25, 0.3) is 0 Å². The summed E-state index contributed by atoms with van der Waals surface area (Å²) in [7, 11) is 3.22. The predicted octanol–water partition coefficient (Wildman–Crippen LogP) is 3.38. The van der Waals surface area contributed by atoms with E-state index in [1.807, 2.05) is 48.5 Å². The van der Waals surface area contributed by atoms with Crippen LogP contribution in [-0.4, -0.2) is 35.8 Å². The Labute approximate surface area is 158 Å². The number of aromatic nitrogens is 2. The van der Waals surface area contributed by atoms with Crippen LogP contribution in [0.15, 0.2) is 60.8 Å². The van der Waals surface area contributed by atoms with Crippen LogP contribution in [0.1, 0.15) is 11.7 Å². The van der Waals surface area contributed by atoms with E-state index in [0.29, 0.717) is 24.1 Å². The molecule has 0 aliphatic carbocycles. The molecule has 1 atom stereocenters. The van der Waals surface area contributed by atoms with Gasteiger partial charge in [-0.15, -0.1) is 0 Å². The molecule has 7 nitrogen and oxygen atoms in total. The zero-order valence-corrected chi connectivity index (χ0v) is 15.2. The highest BCUT2D eigenvalue weighted by Crippen LogP contribution is 2.21.